The first kappa shape index (κ1) is 19.2. The van der Waals surface area contributed by atoms with Crippen LogP contribution in [0.15, 0.2) is 54.6 Å². The number of amides is 1. The zero-order valence-electron chi connectivity index (χ0n) is 16.2. The Morgan fingerprint density at radius 2 is 1.63 bits per heavy atom. The first-order valence-electron chi connectivity index (χ1n) is 9.46. The first-order valence-corrected chi connectivity index (χ1v) is 9.46. The van der Waals surface area contributed by atoms with Gasteiger partial charge in [-0.25, -0.2) is 4.79 Å². The summed E-state index contributed by atoms with van der Waals surface area (Å²) in [6.45, 7) is 5.78. The van der Waals surface area contributed by atoms with Crippen LogP contribution in [0.5, 0.6) is 0 Å². The number of rotatable bonds is 5. The second-order valence-electron chi connectivity index (χ2n) is 8.28. The Hall–Kier alpha value is -2.62. The molecule has 0 aromatic heterocycles. The van der Waals surface area contributed by atoms with E-state index in [0.717, 1.165) is 30.4 Å². The molecular weight excluding hydrogens is 338 g/mol. The maximum Gasteiger partial charge on any atom is 0.408 e. The fourth-order valence-corrected chi connectivity index (χ4v) is 3.30. The van der Waals surface area contributed by atoms with Gasteiger partial charge in [-0.2, -0.15) is 0 Å². The normalized spacial score (nSPS) is 15.5. The highest BCUT2D eigenvalue weighted by Crippen LogP contribution is 2.45. The number of Topliss-reactive ketones (excluding diaryl/α,β-unsaturated/α-hetero) is 1. The molecule has 27 heavy (non-hydrogen) atoms. The zero-order valence-corrected chi connectivity index (χ0v) is 16.2. The Balaban J connectivity index is 1.69. The lowest BCUT2D eigenvalue weighted by Gasteiger charge is -2.42. The summed E-state index contributed by atoms with van der Waals surface area (Å²) in [6, 6.07) is 17.2. The van der Waals surface area contributed by atoms with Crippen LogP contribution in [0.3, 0.4) is 0 Å². The third kappa shape index (κ3) is 4.76. The van der Waals surface area contributed by atoms with Gasteiger partial charge < -0.3 is 10.1 Å². The highest BCUT2D eigenvalue weighted by atomic mass is 16.6. The van der Waals surface area contributed by atoms with Crippen LogP contribution in [0.25, 0.3) is 0 Å². The number of nitrogens with one attached hydrogen (secondary N) is 1. The van der Waals surface area contributed by atoms with Crippen molar-refractivity contribution in [1.29, 1.82) is 0 Å². The molecule has 0 spiro atoms. The summed E-state index contributed by atoms with van der Waals surface area (Å²) in [5, 5.41) is 2.85. The van der Waals surface area contributed by atoms with Gasteiger partial charge in [-0.15, -0.1) is 0 Å². The molecule has 2 aromatic carbocycles. The highest BCUT2D eigenvalue weighted by molar-refractivity contribution is 5.97. The van der Waals surface area contributed by atoms with Crippen LogP contribution in [0.4, 0.5) is 4.79 Å². The Labute approximate surface area is 160 Å². The summed E-state index contributed by atoms with van der Waals surface area (Å²) >= 11 is 0. The van der Waals surface area contributed by atoms with E-state index in [1.807, 2.05) is 75.4 Å². The molecule has 1 aliphatic carbocycles. The monoisotopic (exact) mass is 365 g/mol. The molecule has 142 valence electrons. The van der Waals surface area contributed by atoms with E-state index in [1.165, 1.54) is 0 Å². The molecule has 0 unspecified atom stereocenters. The largest absolute Gasteiger partial charge is 0.438 e. The fourth-order valence-electron chi connectivity index (χ4n) is 3.30. The molecule has 0 radical (unpaired) electrons. The van der Waals surface area contributed by atoms with Crippen LogP contribution in [-0.4, -0.2) is 17.4 Å². The molecule has 3 rings (SSSR count). The number of ketones is 1. The average Bonchev–Trinajstić information content (AvgIpc) is 2.58. The summed E-state index contributed by atoms with van der Waals surface area (Å²) in [5.74, 6) is 0.0850. The minimum Gasteiger partial charge on any atom is -0.438 e. The van der Waals surface area contributed by atoms with Gasteiger partial charge in [0.2, 0.25) is 0 Å². The third-order valence-corrected chi connectivity index (χ3v) is 4.87. The molecule has 1 fully saturated rings. The minimum atomic E-state index is -0.573. The quantitative estimate of drug-likeness (QED) is 0.757. The van der Waals surface area contributed by atoms with Crippen molar-refractivity contribution in [2.24, 2.45) is 0 Å². The Morgan fingerprint density at radius 3 is 2.15 bits per heavy atom. The highest BCUT2D eigenvalue weighted by Gasteiger charge is 2.43. The van der Waals surface area contributed by atoms with Gasteiger partial charge in [-0.1, -0.05) is 54.6 Å². The molecule has 1 saturated carbocycles. The number of benzene rings is 2. The van der Waals surface area contributed by atoms with E-state index < -0.39 is 11.7 Å². The number of ether oxygens (including phenoxy) is 1. The topological polar surface area (TPSA) is 55.4 Å². The molecule has 0 bridgehead atoms. The molecule has 0 heterocycles. The summed E-state index contributed by atoms with van der Waals surface area (Å²) in [5.41, 5.74) is 1.72. The molecule has 1 aliphatic rings. The van der Waals surface area contributed by atoms with E-state index in [1.54, 1.807) is 0 Å². The number of carbonyl (C=O) groups is 2. The number of alkyl carbamates (subject to hydrolysis) is 1. The minimum absolute atomic E-state index is 0.0850. The van der Waals surface area contributed by atoms with Crippen molar-refractivity contribution in [2.45, 2.75) is 57.6 Å². The van der Waals surface area contributed by atoms with Crippen LogP contribution >= 0.6 is 0 Å². The van der Waals surface area contributed by atoms with E-state index in [0.29, 0.717) is 12.0 Å². The average molecular weight is 365 g/mol. The van der Waals surface area contributed by atoms with Gasteiger partial charge in [0, 0.05) is 17.5 Å². The standard InChI is InChI=1S/C23H27NO3/c1-22(2,3)24-21(26)27-23(14-7-15-23)19-12-10-18(11-13-19)20(25)16-17-8-5-4-6-9-17/h4-6,8-13H,7,14-16H2,1-3H3,(H,24,26). The molecule has 4 heteroatoms. The number of hydrogen-bond donors (Lipinski definition) is 1. The predicted molar refractivity (Wildman–Crippen MR) is 106 cm³/mol. The Morgan fingerprint density at radius 1 is 1.00 bits per heavy atom. The lowest BCUT2D eigenvalue weighted by molar-refractivity contribution is -0.0549. The van der Waals surface area contributed by atoms with E-state index in [9.17, 15) is 9.59 Å². The lowest BCUT2D eigenvalue weighted by atomic mass is 9.74. The van der Waals surface area contributed by atoms with Crippen molar-refractivity contribution in [1.82, 2.24) is 5.32 Å². The third-order valence-electron chi connectivity index (χ3n) is 4.87. The second kappa shape index (κ2) is 7.55. The molecule has 0 saturated heterocycles. The van der Waals surface area contributed by atoms with Gasteiger partial charge in [0.1, 0.15) is 5.60 Å². The Bertz CT molecular complexity index is 800. The molecule has 1 N–H and O–H groups in total. The Kier molecular flexibility index (Phi) is 5.36. The molecule has 0 atom stereocenters. The molecule has 4 nitrogen and oxygen atoms in total. The molecule has 0 aliphatic heterocycles. The molecular formula is C23H27NO3. The first-order chi connectivity index (χ1) is 12.8. The second-order valence-corrected chi connectivity index (χ2v) is 8.28. The maximum absolute atomic E-state index is 12.5. The van der Waals surface area contributed by atoms with Crippen LogP contribution < -0.4 is 5.32 Å². The van der Waals surface area contributed by atoms with Crippen molar-refractivity contribution >= 4 is 11.9 Å². The summed E-state index contributed by atoms with van der Waals surface area (Å²) in [4.78, 5) is 24.7. The summed E-state index contributed by atoms with van der Waals surface area (Å²) in [7, 11) is 0. The van der Waals surface area contributed by atoms with Gasteiger partial charge in [0.25, 0.3) is 0 Å². The van der Waals surface area contributed by atoms with Crippen molar-refractivity contribution < 1.29 is 14.3 Å². The zero-order chi connectivity index (χ0) is 19.5. The number of carbonyl (C=O) groups excluding carboxylic acids is 2. The van der Waals surface area contributed by atoms with Crippen molar-refractivity contribution in [3.63, 3.8) is 0 Å². The summed E-state index contributed by atoms with van der Waals surface area (Å²) < 4.78 is 5.80. The van der Waals surface area contributed by atoms with E-state index >= 15 is 0 Å². The van der Waals surface area contributed by atoms with E-state index in [2.05, 4.69) is 5.32 Å². The van der Waals surface area contributed by atoms with Gasteiger partial charge in [0.15, 0.2) is 5.78 Å². The molecule has 1 amide bonds. The lowest BCUT2D eigenvalue weighted by Crippen LogP contribution is -2.47. The van der Waals surface area contributed by atoms with Crippen LogP contribution in [-0.2, 0) is 16.8 Å². The SMILES string of the molecule is CC(C)(C)NC(=O)OC1(c2ccc(C(=O)Cc3ccccc3)cc2)CCC1. The maximum atomic E-state index is 12.5. The van der Waals surface area contributed by atoms with Gasteiger partial charge in [0.05, 0.1) is 0 Å². The van der Waals surface area contributed by atoms with E-state index in [-0.39, 0.29) is 11.3 Å². The van der Waals surface area contributed by atoms with Gasteiger partial charge in [-0.05, 0) is 51.2 Å². The van der Waals surface area contributed by atoms with Crippen molar-refractivity contribution in [3.05, 3.63) is 71.3 Å². The number of hydrogen-bond acceptors (Lipinski definition) is 3. The van der Waals surface area contributed by atoms with Crippen molar-refractivity contribution in [2.75, 3.05) is 0 Å². The van der Waals surface area contributed by atoms with Gasteiger partial charge in [-0.3, -0.25) is 4.79 Å². The van der Waals surface area contributed by atoms with Gasteiger partial charge >= 0.3 is 6.09 Å². The van der Waals surface area contributed by atoms with E-state index in [4.69, 9.17) is 4.74 Å². The van der Waals surface area contributed by atoms with Crippen LogP contribution in [0.2, 0.25) is 0 Å². The van der Waals surface area contributed by atoms with Crippen molar-refractivity contribution in [3.8, 4) is 0 Å². The molecule has 2 aromatic rings. The fraction of sp³-hybridized carbons (Fsp3) is 0.391. The summed E-state index contributed by atoms with van der Waals surface area (Å²) in [6.07, 6.45) is 2.63. The van der Waals surface area contributed by atoms with Crippen LogP contribution in [0.1, 0.15) is 61.5 Å². The van der Waals surface area contributed by atoms with Crippen LogP contribution in [0, 0.1) is 0 Å². The predicted octanol–water partition coefficient (Wildman–Crippen LogP) is 5.02. The smallest absolute Gasteiger partial charge is 0.408 e.